The normalized spacial score (nSPS) is 10.3. The predicted molar refractivity (Wildman–Crippen MR) is 82.7 cm³/mol. The lowest BCUT2D eigenvalue weighted by molar-refractivity contribution is 0.101. The van der Waals surface area contributed by atoms with E-state index in [2.05, 4.69) is 9.88 Å². The Kier molecular flexibility index (Phi) is 4.74. The van der Waals surface area contributed by atoms with Gasteiger partial charge in [0.1, 0.15) is 0 Å². The van der Waals surface area contributed by atoms with Gasteiger partial charge >= 0.3 is 0 Å². The molecule has 1 aromatic heterocycles. The minimum Gasteiger partial charge on any atom is -0.374 e. The number of benzene rings is 1. The van der Waals surface area contributed by atoms with Gasteiger partial charge in [-0.05, 0) is 49.2 Å². The molecular weight excluding hydrogens is 272 g/mol. The van der Waals surface area contributed by atoms with Gasteiger partial charge in [-0.1, -0.05) is 11.6 Å². The van der Waals surface area contributed by atoms with Gasteiger partial charge in [0.25, 0.3) is 0 Å². The fourth-order valence-electron chi connectivity index (χ4n) is 1.97. The quantitative estimate of drug-likeness (QED) is 0.788. The van der Waals surface area contributed by atoms with Crippen LogP contribution in [0.3, 0.4) is 0 Å². The number of rotatable bonds is 5. The first-order valence-electron chi connectivity index (χ1n) is 6.48. The number of Topliss-reactive ketones (excluding diaryl/α,β-unsaturated/α-hetero) is 1. The molecule has 1 aromatic carbocycles. The van der Waals surface area contributed by atoms with Crippen molar-refractivity contribution in [1.29, 1.82) is 0 Å². The molecule has 0 amide bonds. The van der Waals surface area contributed by atoms with E-state index in [9.17, 15) is 4.79 Å². The zero-order valence-corrected chi connectivity index (χ0v) is 12.4. The second-order valence-electron chi connectivity index (χ2n) is 4.78. The molecule has 2 aromatic rings. The van der Waals surface area contributed by atoms with Gasteiger partial charge in [0.2, 0.25) is 0 Å². The highest BCUT2D eigenvalue weighted by Crippen LogP contribution is 2.22. The average molecular weight is 289 g/mol. The zero-order chi connectivity index (χ0) is 14.5. The van der Waals surface area contributed by atoms with Crippen molar-refractivity contribution in [2.45, 2.75) is 13.3 Å². The third kappa shape index (κ3) is 3.81. The minimum absolute atomic E-state index is 0.0243. The molecule has 2 rings (SSSR count). The molecule has 0 aliphatic rings. The molecule has 0 atom stereocenters. The third-order valence-electron chi connectivity index (χ3n) is 3.22. The summed E-state index contributed by atoms with van der Waals surface area (Å²) in [7, 11) is 2.00. The fraction of sp³-hybridized carbons (Fsp3) is 0.250. The number of carbonyl (C=O) groups is 1. The molecule has 0 unspecified atom stereocenters. The molecule has 20 heavy (non-hydrogen) atoms. The Labute approximate surface area is 124 Å². The second-order valence-corrected chi connectivity index (χ2v) is 5.22. The lowest BCUT2D eigenvalue weighted by Gasteiger charge is -2.20. The van der Waals surface area contributed by atoms with E-state index in [0.29, 0.717) is 10.6 Å². The Hall–Kier alpha value is -1.87. The first kappa shape index (κ1) is 14.5. The van der Waals surface area contributed by atoms with Gasteiger partial charge in [0, 0.05) is 42.3 Å². The van der Waals surface area contributed by atoms with E-state index in [1.165, 1.54) is 5.56 Å². The van der Waals surface area contributed by atoms with Gasteiger partial charge in [-0.3, -0.25) is 9.78 Å². The number of aromatic nitrogens is 1. The SMILES string of the molecule is CC(=O)c1cc(Cl)cc(N(C)CCc2ccncc2)c1. The van der Waals surface area contributed by atoms with E-state index in [0.717, 1.165) is 18.7 Å². The Morgan fingerprint density at radius 3 is 2.60 bits per heavy atom. The Morgan fingerprint density at radius 1 is 1.25 bits per heavy atom. The number of halogens is 1. The topological polar surface area (TPSA) is 33.2 Å². The molecule has 0 aliphatic heterocycles. The van der Waals surface area contributed by atoms with Crippen molar-refractivity contribution in [2.24, 2.45) is 0 Å². The van der Waals surface area contributed by atoms with E-state index < -0.39 is 0 Å². The fourth-order valence-corrected chi connectivity index (χ4v) is 2.20. The predicted octanol–water partition coefficient (Wildman–Crippen LogP) is 3.62. The number of hydrogen-bond donors (Lipinski definition) is 0. The molecular formula is C16H17ClN2O. The van der Waals surface area contributed by atoms with Gasteiger partial charge < -0.3 is 4.90 Å². The highest BCUT2D eigenvalue weighted by molar-refractivity contribution is 6.31. The summed E-state index contributed by atoms with van der Waals surface area (Å²) in [6.07, 6.45) is 4.51. The van der Waals surface area contributed by atoms with Crippen LogP contribution in [0, 0.1) is 0 Å². The van der Waals surface area contributed by atoms with Crippen LogP contribution in [-0.4, -0.2) is 24.4 Å². The minimum atomic E-state index is 0.0243. The van der Waals surface area contributed by atoms with Gasteiger partial charge in [0.15, 0.2) is 5.78 Å². The maximum absolute atomic E-state index is 11.5. The van der Waals surface area contributed by atoms with E-state index >= 15 is 0 Å². The Bertz CT molecular complexity index is 599. The molecule has 0 N–H and O–H groups in total. The summed E-state index contributed by atoms with van der Waals surface area (Å²) in [6.45, 7) is 2.40. The van der Waals surface area contributed by atoms with Crippen LogP contribution in [0.4, 0.5) is 5.69 Å². The molecule has 0 saturated carbocycles. The number of anilines is 1. The van der Waals surface area contributed by atoms with Crippen molar-refractivity contribution in [2.75, 3.05) is 18.5 Å². The molecule has 4 heteroatoms. The van der Waals surface area contributed by atoms with Crippen LogP contribution in [-0.2, 0) is 6.42 Å². The molecule has 0 spiro atoms. The van der Waals surface area contributed by atoms with Crippen LogP contribution in [0.15, 0.2) is 42.7 Å². The van der Waals surface area contributed by atoms with Crippen LogP contribution in [0.1, 0.15) is 22.8 Å². The molecule has 0 saturated heterocycles. The zero-order valence-electron chi connectivity index (χ0n) is 11.6. The molecule has 0 fully saturated rings. The standard InChI is InChI=1S/C16H17ClN2O/c1-12(20)14-9-15(17)11-16(10-14)19(2)8-5-13-3-6-18-7-4-13/h3-4,6-7,9-11H,5,8H2,1-2H3. The lowest BCUT2D eigenvalue weighted by atomic mass is 10.1. The van der Waals surface area contributed by atoms with Crippen LogP contribution in [0.5, 0.6) is 0 Å². The number of carbonyl (C=O) groups excluding carboxylic acids is 1. The summed E-state index contributed by atoms with van der Waals surface area (Å²) in [4.78, 5) is 17.6. The third-order valence-corrected chi connectivity index (χ3v) is 3.43. The number of ketones is 1. The average Bonchev–Trinajstić information content (AvgIpc) is 2.45. The first-order chi connectivity index (χ1) is 9.56. The van der Waals surface area contributed by atoms with E-state index in [1.807, 2.05) is 31.3 Å². The van der Waals surface area contributed by atoms with E-state index in [4.69, 9.17) is 11.6 Å². The van der Waals surface area contributed by atoms with Crippen LogP contribution in [0.25, 0.3) is 0 Å². The van der Waals surface area contributed by atoms with Crippen molar-refractivity contribution in [3.05, 3.63) is 58.9 Å². The number of nitrogens with zero attached hydrogens (tertiary/aromatic N) is 2. The smallest absolute Gasteiger partial charge is 0.159 e. The van der Waals surface area contributed by atoms with Crippen molar-refractivity contribution in [3.63, 3.8) is 0 Å². The summed E-state index contributed by atoms with van der Waals surface area (Å²) in [5.41, 5.74) is 2.83. The monoisotopic (exact) mass is 288 g/mol. The number of pyridine rings is 1. The Morgan fingerprint density at radius 2 is 1.95 bits per heavy atom. The highest BCUT2D eigenvalue weighted by atomic mass is 35.5. The molecule has 0 aliphatic carbocycles. The molecule has 1 heterocycles. The number of likely N-dealkylation sites (N-methyl/N-ethyl adjacent to an activating group) is 1. The number of hydrogen-bond acceptors (Lipinski definition) is 3. The largest absolute Gasteiger partial charge is 0.374 e. The molecule has 3 nitrogen and oxygen atoms in total. The highest BCUT2D eigenvalue weighted by Gasteiger charge is 2.07. The van der Waals surface area contributed by atoms with Crippen LogP contribution < -0.4 is 4.90 Å². The maximum atomic E-state index is 11.5. The van der Waals surface area contributed by atoms with Crippen LogP contribution in [0.2, 0.25) is 5.02 Å². The van der Waals surface area contributed by atoms with E-state index in [-0.39, 0.29) is 5.78 Å². The molecule has 0 bridgehead atoms. The summed E-state index contributed by atoms with van der Waals surface area (Å²) < 4.78 is 0. The van der Waals surface area contributed by atoms with E-state index in [1.54, 1.807) is 25.4 Å². The van der Waals surface area contributed by atoms with Gasteiger partial charge in [-0.2, -0.15) is 0 Å². The molecule has 0 radical (unpaired) electrons. The first-order valence-corrected chi connectivity index (χ1v) is 6.85. The summed E-state index contributed by atoms with van der Waals surface area (Å²) in [5, 5.41) is 0.587. The second kappa shape index (κ2) is 6.53. The lowest BCUT2D eigenvalue weighted by Crippen LogP contribution is -2.20. The van der Waals surface area contributed by atoms with Crippen molar-refractivity contribution in [1.82, 2.24) is 4.98 Å². The van der Waals surface area contributed by atoms with Gasteiger partial charge in [0.05, 0.1) is 0 Å². The summed E-state index contributed by atoms with van der Waals surface area (Å²) in [5.74, 6) is 0.0243. The van der Waals surface area contributed by atoms with Crippen molar-refractivity contribution >= 4 is 23.1 Å². The summed E-state index contributed by atoms with van der Waals surface area (Å²) >= 11 is 6.07. The van der Waals surface area contributed by atoms with Crippen molar-refractivity contribution < 1.29 is 4.79 Å². The van der Waals surface area contributed by atoms with Gasteiger partial charge in [-0.15, -0.1) is 0 Å². The Balaban J connectivity index is 2.09. The van der Waals surface area contributed by atoms with Crippen molar-refractivity contribution in [3.8, 4) is 0 Å². The van der Waals surface area contributed by atoms with Crippen LogP contribution >= 0.6 is 11.6 Å². The summed E-state index contributed by atoms with van der Waals surface area (Å²) in [6, 6.07) is 9.46. The maximum Gasteiger partial charge on any atom is 0.159 e. The van der Waals surface area contributed by atoms with Gasteiger partial charge in [-0.25, -0.2) is 0 Å². The molecule has 104 valence electrons.